The lowest BCUT2D eigenvalue weighted by Gasteiger charge is -2.07. The summed E-state index contributed by atoms with van der Waals surface area (Å²) in [5.41, 5.74) is 4.01. The SMILES string of the molecule is Cc1cccc2nc(CNc3ncnc4ccc(Br)cc34)cn12. The molecule has 6 heteroatoms. The van der Waals surface area contributed by atoms with Crippen LogP contribution >= 0.6 is 15.9 Å². The Hall–Kier alpha value is -2.47. The van der Waals surface area contributed by atoms with Crippen LogP contribution in [0.15, 0.2) is 53.4 Å². The molecule has 0 atom stereocenters. The van der Waals surface area contributed by atoms with Crippen molar-refractivity contribution in [3.63, 3.8) is 0 Å². The minimum atomic E-state index is 0.611. The molecule has 0 saturated heterocycles. The first-order valence-corrected chi connectivity index (χ1v) is 8.08. The average molecular weight is 368 g/mol. The number of pyridine rings is 1. The molecule has 0 aliphatic carbocycles. The molecule has 0 unspecified atom stereocenters. The van der Waals surface area contributed by atoms with E-state index in [-0.39, 0.29) is 0 Å². The van der Waals surface area contributed by atoms with Gasteiger partial charge in [0, 0.05) is 21.7 Å². The number of aromatic nitrogens is 4. The molecule has 114 valence electrons. The predicted octanol–water partition coefficient (Wildman–Crippen LogP) is 3.96. The van der Waals surface area contributed by atoms with Gasteiger partial charge in [-0.3, -0.25) is 0 Å². The standard InChI is InChI=1S/C17H14BrN5/c1-11-3-2-4-16-22-13(9-23(11)16)8-19-17-14-7-12(18)5-6-15(14)20-10-21-17/h2-7,9-10H,8H2,1H3,(H,19,20,21). The molecule has 3 heterocycles. The Kier molecular flexibility index (Phi) is 3.46. The molecule has 0 fully saturated rings. The van der Waals surface area contributed by atoms with Gasteiger partial charge in [0.15, 0.2) is 0 Å². The second-order valence-electron chi connectivity index (χ2n) is 5.36. The minimum Gasteiger partial charge on any atom is -0.364 e. The number of benzene rings is 1. The third-order valence-electron chi connectivity index (χ3n) is 3.78. The highest BCUT2D eigenvalue weighted by Gasteiger charge is 2.06. The van der Waals surface area contributed by atoms with E-state index in [1.165, 1.54) is 0 Å². The van der Waals surface area contributed by atoms with E-state index >= 15 is 0 Å². The zero-order valence-electron chi connectivity index (χ0n) is 12.5. The second-order valence-corrected chi connectivity index (χ2v) is 6.28. The lowest BCUT2D eigenvalue weighted by molar-refractivity contribution is 1.05. The first-order valence-electron chi connectivity index (χ1n) is 7.28. The van der Waals surface area contributed by atoms with Crippen molar-refractivity contribution < 1.29 is 0 Å². The van der Waals surface area contributed by atoms with Crippen molar-refractivity contribution in [2.24, 2.45) is 0 Å². The Morgan fingerprint density at radius 3 is 2.96 bits per heavy atom. The first kappa shape index (κ1) is 14.1. The molecule has 0 aliphatic heterocycles. The van der Waals surface area contributed by atoms with Gasteiger partial charge in [0.1, 0.15) is 17.8 Å². The number of halogens is 1. The number of aryl methyl sites for hydroxylation is 1. The highest BCUT2D eigenvalue weighted by atomic mass is 79.9. The molecule has 0 radical (unpaired) electrons. The van der Waals surface area contributed by atoms with E-state index in [2.05, 4.69) is 59.8 Å². The summed E-state index contributed by atoms with van der Waals surface area (Å²) in [6.45, 7) is 2.68. The molecule has 4 aromatic rings. The number of anilines is 1. The van der Waals surface area contributed by atoms with Crippen LogP contribution in [0.3, 0.4) is 0 Å². The Morgan fingerprint density at radius 2 is 2.09 bits per heavy atom. The van der Waals surface area contributed by atoms with Gasteiger partial charge in [0.2, 0.25) is 0 Å². The maximum Gasteiger partial charge on any atom is 0.137 e. The van der Waals surface area contributed by atoms with Crippen LogP contribution in [0.1, 0.15) is 11.4 Å². The number of fused-ring (bicyclic) bond motifs is 2. The summed E-state index contributed by atoms with van der Waals surface area (Å²) < 4.78 is 3.09. The topological polar surface area (TPSA) is 55.1 Å². The van der Waals surface area contributed by atoms with Crippen LogP contribution in [0.2, 0.25) is 0 Å². The number of hydrogen-bond acceptors (Lipinski definition) is 4. The third kappa shape index (κ3) is 2.66. The van der Waals surface area contributed by atoms with Crippen molar-refractivity contribution in [1.82, 2.24) is 19.4 Å². The zero-order chi connectivity index (χ0) is 15.8. The highest BCUT2D eigenvalue weighted by Crippen LogP contribution is 2.23. The van der Waals surface area contributed by atoms with Gasteiger partial charge in [-0.1, -0.05) is 22.0 Å². The first-order chi connectivity index (χ1) is 11.2. The van der Waals surface area contributed by atoms with Crippen molar-refractivity contribution in [3.05, 3.63) is 64.8 Å². The summed E-state index contributed by atoms with van der Waals surface area (Å²) in [4.78, 5) is 13.3. The largest absolute Gasteiger partial charge is 0.364 e. The summed E-state index contributed by atoms with van der Waals surface area (Å²) in [7, 11) is 0. The summed E-state index contributed by atoms with van der Waals surface area (Å²) in [5.74, 6) is 0.810. The Labute approximate surface area is 141 Å². The van der Waals surface area contributed by atoms with E-state index in [1.54, 1.807) is 6.33 Å². The number of nitrogens with zero attached hydrogens (tertiary/aromatic N) is 4. The number of nitrogens with one attached hydrogen (secondary N) is 1. The Bertz CT molecular complexity index is 1010. The monoisotopic (exact) mass is 367 g/mol. The molecule has 1 aromatic carbocycles. The summed E-state index contributed by atoms with van der Waals surface area (Å²) in [6.07, 6.45) is 3.63. The fourth-order valence-electron chi connectivity index (χ4n) is 2.63. The highest BCUT2D eigenvalue weighted by molar-refractivity contribution is 9.10. The van der Waals surface area contributed by atoms with Gasteiger partial charge in [-0.05, 0) is 37.3 Å². The van der Waals surface area contributed by atoms with Gasteiger partial charge in [-0.15, -0.1) is 0 Å². The number of rotatable bonds is 3. The summed E-state index contributed by atoms with van der Waals surface area (Å²) in [6, 6.07) is 12.1. The van der Waals surface area contributed by atoms with E-state index in [0.717, 1.165) is 38.2 Å². The molecule has 23 heavy (non-hydrogen) atoms. The third-order valence-corrected chi connectivity index (χ3v) is 4.27. The van der Waals surface area contributed by atoms with Gasteiger partial charge < -0.3 is 9.72 Å². The number of imidazole rings is 1. The lowest BCUT2D eigenvalue weighted by Crippen LogP contribution is -2.02. The van der Waals surface area contributed by atoms with Crippen molar-refractivity contribution in [2.45, 2.75) is 13.5 Å². The van der Waals surface area contributed by atoms with Crippen molar-refractivity contribution >= 4 is 38.3 Å². The second kappa shape index (κ2) is 5.62. The molecule has 5 nitrogen and oxygen atoms in total. The molecular formula is C17H14BrN5. The van der Waals surface area contributed by atoms with Crippen molar-refractivity contribution in [3.8, 4) is 0 Å². The maximum absolute atomic E-state index is 4.63. The molecule has 1 N–H and O–H groups in total. The Morgan fingerprint density at radius 1 is 1.17 bits per heavy atom. The van der Waals surface area contributed by atoms with Crippen LogP contribution < -0.4 is 5.32 Å². The van der Waals surface area contributed by atoms with Crippen LogP contribution in [0, 0.1) is 6.92 Å². The number of hydrogen-bond donors (Lipinski definition) is 1. The average Bonchev–Trinajstić information content (AvgIpc) is 2.97. The maximum atomic E-state index is 4.63. The normalized spacial score (nSPS) is 11.2. The van der Waals surface area contributed by atoms with Crippen LogP contribution in [0.5, 0.6) is 0 Å². The zero-order valence-corrected chi connectivity index (χ0v) is 14.1. The smallest absolute Gasteiger partial charge is 0.137 e. The predicted molar refractivity (Wildman–Crippen MR) is 94.5 cm³/mol. The van der Waals surface area contributed by atoms with Crippen LogP contribution in [0.25, 0.3) is 16.6 Å². The quantitative estimate of drug-likeness (QED) is 0.595. The summed E-state index contributed by atoms with van der Waals surface area (Å²) in [5, 5.41) is 4.35. The molecule has 0 bridgehead atoms. The van der Waals surface area contributed by atoms with E-state index in [4.69, 9.17) is 0 Å². The van der Waals surface area contributed by atoms with Crippen molar-refractivity contribution in [2.75, 3.05) is 5.32 Å². The van der Waals surface area contributed by atoms with Crippen molar-refractivity contribution in [1.29, 1.82) is 0 Å². The van der Waals surface area contributed by atoms with Crippen LogP contribution in [-0.2, 0) is 6.54 Å². The fourth-order valence-corrected chi connectivity index (χ4v) is 2.99. The molecule has 0 spiro atoms. The van der Waals surface area contributed by atoms with Gasteiger partial charge in [0.25, 0.3) is 0 Å². The van der Waals surface area contributed by atoms with Crippen LogP contribution in [-0.4, -0.2) is 19.4 Å². The molecule has 4 rings (SSSR count). The van der Waals surface area contributed by atoms with E-state index in [9.17, 15) is 0 Å². The molecular weight excluding hydrogens is 354 g/mol. The fraction of sp³-hybridized carbons (Fsp3) is 0.118. The van der Waals surface area contributed by atoms with E-state index < -0.39 is 0 Å². The van der Waals surface area contributed by atoms with E-state index in [0.29, 0.717) is 6.54 Å². The molecule has 0 amide bonds. The van der Waals surface area contributed by atoms with Gasteiger partial charge >= 0.3 is 0 Å². The minimum absolute atomic E-state index is 0.611. The summed E-state index contributed by atoms with van der Waals surface area (Å²) >= 11 is 3.49. The van der Waals surface area contributed by atoms with Gasteiger partial charge in [0.05, 0.1) is 17.8 Å². The molecule has 3 aromatic heterocycles. The lowest BCUT2D eigenvalue weighted by atomic mass is 10.2. The molecule has 0 aliphatic rings. The van der Waals surface area contributed by atoms with E-state index in [1.807, 2.05) is 30.3 Å². The Balaban J connectivity index is 1.65. The molecule has 0 saturated carbocycles. The van der Waals surface area contributed by atoms with Gasteiger partial charge in [-0.2, -0.15) is 0 Å². The van der Waals surface area contributed by atoms with Gasteiger partial charge in [-0.25, -0.2) is 15.0 Å². The van der Waals surface area contributed by atoms with Crippen LogP contribution in [0.4, 0.5) is 5.82 Å².